The van der Waals surface area contributed by atoms with Crippen LogP contribution in [0.2, 0.25) is 0 Å². The Bertz CT molecular complexity index is 448. The number of aromatic nitrogens is 2. The van der Waals surface area contributed by atoms with E-state index in [1.165, 1.54) is 4.90 Å². The van der Waals surface area contributed by atoms with Gasteiger partial charge in [-0.15, -0.1) is 11.8 Å². The first-order valence-corrected chi connectivity index (χ1v) is 6.37. The molecule has 3 nitrogen and oxygen atoms in total. The lowest BCUT2D eigenvalue weighted by molar-refractivity contribution is 0.747. The van der Waals surface area contributed by atoms with Gasteiger partial charge in [0, 0.05) is 23.8 Å². The van der Waals surface area contributed by atoms with E-state index < -0.39 is 0 Å². The van der Waals surface area contributed by atoms with Gasteiger partial charge in [-0.25, -0.2) is 0 Å². The van der Waals surface area contributed by atoms with Crippen molar-refractivity contribution in [3.8, 4) is 0 Å². The fourth-order valence-electron chi connectivity index (χ4n) is 1.46. The molecule has 16 heavy (non-hydrogen) atoms. The van der Waals surface area contributed by atoms with Crippen molar-refractivity contribution in [1.29, 1.82) is 0 Å². The highest BCUT2D eigenvalue weighted by atomic mass is 32.2. The molecule has 0 aliphatic heterocycles. The Morgan fingerprint density at radius 3 is 2.56 bits per heavy atom. The van der Waals surface area contributed by atoms with Crippen molar-refractivity contribution >= 4 is 17.4 Å². The van der Waals surface area contributed by atoms with Gasteiger partial charge in [0.2, 0.25) is 0 Å². The molecule has 1 aromatic carbocycles. The summed E-state index contributed by atoms with van der Waals surface area (Å²) in [6.45, 7) is 0.763. The van der Waals surface area contributed by atoms with E-state index in [1.54, 1.807) is 11.8 Å². The molecule has 0 bridgehead atoms. The lowest BCUT2D eigenvalue weighted by atomic mass is 10.3. The molecule has 2 rings (SSSR count). The molecule has 0 spiro atoms. The van der Waals surface area contributed by atoms with Crippen molar-refractivity contribution in [3.63, 3.8) is 0 Å². The Morgan fingerprint density at radius 2 is 2.00 bits per heavy atom. The van der Waals surface area contributed by atoms with Crippen LogP contribution in [0.15, 0.2) is 41.4 Å². The zero-order chi connectivity index (χ0) is 11.4. The molecule has 1 heterocycles. The van der Waals surface area contributed by atoms with Gasteiger partial charge in [0.05, 0.1) is 12.2 Å². The Labute approximate surface area is 99.9 Å². The van der Waals surface area contributed by atoms with Crippen molar-refractivity contribution in [1.82, 2.24) is 9.78 Å². The summed E-state index contributed by atoms with van der Waals surface area (Å²) in [6, 6.07) is 10.4. The first-order valence-electron chi connectivity index (χ1n) is 5.14. The summed E-state index contributed by atoms with van der Waals surface area (Å²) in [7, 11) is 1.93. The number of anilines is 1. The minimum Gasteiger partial charge on any atom is -0.379 e. The molecule has 0 aliphatic carbocycles. The van der Waals surface area contributed by atoms with E-state index in [2.05, 4.69) is 40.9 Å². The summed E-state index contributed by atoms with van der Waals surface area (Å²) >= 11 is 1.75. The summed E-state index contributed by atoms with van der Waals surface area (Å²) < 4.78 is 1.81. The summed E-state index contributed by atoms with van der Waals surface area (Å²) in [6.07, 6.45) is 4.03. The largest absolute Gasteiger partial charge is 0.379 e. The lowest BCUT2D eigenvalue weighted by Gasteiger charge is -2.04. The zero-order valence-electron chi connectivity index (χ0n) is 9.47. The van der Waals surface area contributed by atoms with Crippen LogP contribution in [0.25, 0.3) is 0 Å². The van der Waals surface area contributed by atoms with Crippen LogP contribution in [0.3, 0.4) is 0 Å². The molecule has 0 unspecified atom stereocenters. The smallest absolute Gasteiger partial charge is 0.0815 e. The fourth-order valence-corrected chi connectivity index (χ4v) is 1.87. The van der Waals surface area contributed by atoms with Crippen LogP contribution in [0.5, 0.6) is 0 Å². The molecule has 0 saturated carbocycles. The van der Waals surface area contributed by atoms with Crippen molar-refractivity contribution in [2.45, 2.75) is 11.4 Å². The number of nitrogens with zero attached hydrogens (tertiary/aromatic N) is 2. The van der Waals surface area contributed by atoms with Crippen molar-refractivity contribution in [2.24, 2.45) is 7.05 Å². The molecular formula is C12H15N3S. The molecule has 0 saturated heterocycles. The summed E-state index contributed by atoms with van der Waals surface area (Å²) in [4.78, 5) is 1.28. The van der Waals surface area contributed by atoms with Crippen molar-refractivity contribution in [2.75, 3.05) is 11.6 Å². The molecule has 0 fully saturated rings. The SMILES string of the molecule is CSc1ccc(NCc2ccn(C)n2)cc1. The highest BCUT2D eigenvalue weighted by Crippen LogP contribution is 2.17. The molecule has 1 aromatic heterocycles. The Morgan fingerprint density at radius 1 is 1.25 bits per heavy atom. The van der Waals surface area contributed by atoms with E-state index in [0.717, 1.165) is 17.9 Å². The number of aryl methyl sites for hydroxylation is 1. The van der Waals surface area contributed by atoms with Crippen LogP contribution in [0, 0.1) is 0 Å². The van der Waals surface area contributed by atoms with E-state index in [4.69, 9.17) is 0 Å². The molecule has 0 amide bonds. The Kier molecular flexibility index (Phi) is 3.51. The van der Waals surface area contributed by atoms with Gasteiger partial charge in [0.25, 0.3) is 0 Å². The van der Waals surface area contributed by atoms with E-state index in [-0.39, 0.29) is 0 Å². The third-order valence-corrected chi connectivity index (χ3v) is 3.08. The predicted molar refractivity (Wildman–Crippen MR) is 68.8 cm³/mol. The van der Waals surface area contributed by atoms with E-state index >= 15 is 0 Å². The van der Waals surface area contributed by atoms with Gasteiger partial charge in [-0.05, 0) is 36.6 Å². The number of hydrogen-bond acceptors (Lipinski definition) is 3. The minimum atomic E-state index is 0.763. The maximum Gasteiger partial charge on any atom is 0.0815 e. The number of rotatable bonds is 4. The topological polar surface area (TPSA) is 29.9 Å². The van der Waals surface area contributed by atoms with Gasteiger partial charge in [-0.1, -0.05) is 0 Å². The summed E-state index contributed by atoms with van der Waals surface area (Å²) in [5.41, 5.74) is 2.18. The molecule has 2 aromatic rings. The zero-order valence-corrected chi connectivity index (χ0v) is 10.3. The average Bonchev–Trinajstić information content (AvgIpc) is 2.73. The maximum atomic E-state index is 4.31. The van der Waals surface area contributed by atoms with Gasteiger partial charge >= 0.3 is 0 Å². The number of benzene rings is 1. The van der Waals surface area contributed by atoms with E-state index in [0.29, 0.717) is 0 Å². The second-order valence-corrected chi connectivity index (χ2v) is 4.44. The van der Waals surface area contributed by atoms with Crippen LogP contribution in [-0.2, 0) is 13.6 Å². The van der Waals surface area contributed by atoms with Crippen molar-refractivity contribution in [3.05, 3.63) is 42.2 Å². The van der Waals surface area contributed by atoms with Crippen molar-refractivity contribution < 1.29 is 0 Å². The summed E-state index contributed by atoms with van der Waals surface area (Å²) in [5, 5.41) is 7.65. The molecule has 4 heteroatoms. The van der Waals surface area contributed by atoms with Gasteiger partial charge in [-0.2, -0.15) is 5.10 Å². The standard InChI is InChI=1S/C12H15N3S/c1-15-8-7-11(14-15)9-13-10-3-5-12(16-2)6-4-10/h3-8,13H,9H2,1-2H3. The van der Waals surface area contributed by atoms with E-state index in [1.807, 2.05) is 24.0 Å². The van der Waals surface area contributed by atoms with Crippen LogP contribution < -0.4 is 5.32 Å². The molecule has 0 atom stereocenters. The Balaban J connectivity index is 1.94. The number of hydrogen-bond donors (Lipinski definition) is 1. The van der Waals surface area contributed by atoms with Crippen LogP contribution in [-0.4, -0.2) is 16.0 Å². The van der Waals surface area contributed by atoms with Gasteiger partial charge in [0.15, 0.2) is 0 Å². The molecular weight excluding hydrogens is 218 g/mol. The van der Waals surface area contributed by atoms with Gasteiger partial charge in [0.1, 0.15) is 0 Å². The number of nitrogens with one attached hydrogen (secondary N) is 1. The third kappa shape index (κ3) is 2.79. The van der Waals surface area contributed by atoms with Gasteiger partial charge < -0.3 is 5.32 Å². The molecule has 84 valence electrons. The second kappa shape index (κ2) is 5.07. The predicted octanol–water partition coefficient (Wildman–Crippen LogP) is 2.75. The first-order chi connectivity index (χ1) is 7.78. The quantitative estimate of drug-likeness (QED) is 0.824. The second-order valence-electron chi connectivity index (χ2n) is 3.56. The highest BCUT2D eigenvalue weighted by molar-refractivity contribution is 7.98. The van der Waals surface area contributed by atoms with Gasteiger partial charge in [-0.3, -0.25) is 4.68 Å². The monoisotopic (exact) mass is 233 g/mol. The minimum absolute atomic E-state index is 0.763. The summed E-state index contributed by atoms with van der Waals surface area (Å²) in [5.74, 6) is 0. The normalized spacial score (nSPS) is 10.4. The lowest BCUT2D eigenvalue weighted by Crippen LogP contribution is -2.00. The molecule has 0 radical (unpaired) electrons. The number of thioether (sulfide) groups is 1. The van der Waals surface area contributed by atoms with Crippen LogP contribution >= 0.6 is 11.8 Å². The fraction of sp³-hybridized carbons (Fsp3) is 0.250. The first kappa shape index (κ1) is 11.1. The van der Waals surface area contributed by atoms with Crippen LogP contribution in [0.4, 0.5) is 5.69 Å². The maximum absolute atomic E-state index is 4.31. The highest BCUT2D eigenvalue weighted by Gasteiger charge is 1.97. The Hall–Kier alpha value is -1.42. The average molecular weight is 233 g/mol. The third-order valence-electron chi connectivity index (χ3n) is 2.33. The molecule has 0 aliphatic rings. The molecule has 1 N–H and O–H groups in total. The van der Waals surface area contributed by atoms with E-state index in [9.17, 15) is 0 Å². The van der Waals surface area contributed by atoms with Crippen LogP contribution in [0.1, 0.15) is 5.69 Å².